The standard InChI is InChI=1S/C22H21F6N3O4/c1-9-14(11-4-5-12(18(24)25)15(23)16(11)34-3)17(35-21(9,2)22(26,27)28)20(33)31-10-6-7-30-13(8-10)19(29)32/h4-9,14,17-18H,1-3H3,(H2,29,32)(H,30,31,33)/t9-,14-,17+,21-/m0/s1. The number of nitrogens with zero attached hydrogens (tertiary/aromatic N) is 1. The Kier molecular flexibility index (Phi) is 7.02. The van der Waals surface area contributed by atoms with Crippen LogP contribution in [0.25, 0.3) is 0 Å². The lowest BCUT2D eigenvalue weighted by Gasteiger charge is -2.32. The third-order valence-electron chi connectivity index (χ3n) is 6.16. The quantitative estimate of drug-likeness (QED) is 0.569. The largest absolute Gasteiger partial charge is 0.493 e. The smallest absolute Gasteiger partial charge is 0.417 e. The van der Waals surface area contributed by atoms with Crippen LogP contribution in [-0.4, -0.2) is 41.8 Å². The number of amides is 2. The summed E-state index contributed by atoms with van der Waals surface area (Å²) in [4.78, 5) is 28.2. The number of benzene rings is 1. The zero-order chi connectivity index (χ0) is 26.3. The van der Waals surface area contributed by atoms with Crippen LogP contribution in [0.5, 0.6) is 5.75 Å². The van der Waals surface area contributed by atoms with E-state index in [0.29, 0.717) is 0 Å². The van der Waals surface area contributed by atoms with E-state index >= 15 is 0 Å². The molecule has 2 heterocycles. The summed E-state index contributed by atoms with van der Waals surface area (Å²) in [7, 11) is 0.970. The molecule has 1 aliphatic heterocycles. The van der Waals surface area contributed by atoms with Crippen LogP contribution in [-0.2, 0) is 9.53 Å². The number of aromatic nitrogens is 1. The van der Waals surface area contributed by atoms with Gasteiger partial charge >= 0.3 is 6.18 Å². The Morgan fingerprint density at radius 2 is 1.91 bits per heavy atom. The molecule has 0 bridgehead atoms. The van der Waals surface area contributed by atoms with Crippen LogP contribution >= 0.6 is 0 Å². The SMILES string of the molecule is COc1c([C@H]2[C@H](C(=O)Nc3ccnc(C(N)=O)c3)O[C@](C)(C(F)(F)F)[C@H]2C)ccc(C(F)F)c1F. The first-order valence-corrected chi connectivity index (χ1v) is 10.2. The number of hydrogen-bond donors (Lipinski definition) is 2. The molecule has 0 aliphatic carbocycles. The number of hydrogen-bond acceptors (Lipinski definition) is 5. The number of pyridine rings is 1. The highest BCUT2D eigenvalue weighted by atomic mass is 19.4. The highest BCUT2D eigenvalue weighted by Gasteiger charge is 2.65. The molecule has 0 radical (unpaired) electrons. The molecule has 4 atom stereocenters. The van der Waals surface area contributed by atoms with Crippen molar-refractivity contribution in [3.05, 3.63) is 53.1 Å². The van der Waals surface area contributed by atoms with E-state index in [1.165, 1.54) is 6.07 Å². The highest BCUT2D eigenvalue weighted by Crippen LogP contribution is 2.55. The summed E-state index contributed by atoms with van der Waals surface area (Å²) < 4.78 is 93.3. The Morgan fingerprint density at radius 3 is 2.46 bits per heavy atom. The fourth-order valence-electron chi connectivity index (χ4n) is 4.10. The normalized spacial score (nSPS) is 24.5. The van der Waals surface area contributed by atoms with Crippen LogP contribution in [0.15, 0.2) is 30.5 Å². The Bertz CT molecular complexity index is 1140. The van der Waals surface area contributed by atoms with Gasteiger partial charge in [0.15, 0.2) is 17.2 Å². The van der Waals surface area contributed by atoms with E-state index in [1.54, 1.807) is 0 Å². The number of alkyl halides is 5. The second kappa shape index (κ2) is 9.36. The second-order valence-electron chi connectivity index (χ2n) is 8.13. The molecule has 1 saturated heterocycles. The monoisotopic (exact) mass is 505 g/mol. The third kappa shape index (κ3) is 4.64. The molecule has 1 aromatic heterocycles. The number of carbonyl (C=O) groups excluding carboxylic acids is 2. The van der Waals surface area contributed by atoms with Gasteiger partial charge in [-0.05, 0) is 25.1 Å². The van der Waals surface area contributed by atoms with Crippen molar-refractivity contribution >= 4 is 17.5 Å². The number of primary amides is 1. The zero-order valence-corrected chi connectivity index (χ0v) is 18.6. The molecular weight excluding hydrogens is 484 g/mol. The summed E-state index contributed by atoms with van der Waals surface area (Å²) in [6.07, 6.45) is -8.84. The van der Waals surface area contributed by atoms with E-state index in [4.69, 9.17) is 15.2 Å². The second-order valence-corrected chi connectivity index (χ2v) is 8.13. The lowest BCUT2D eigenvalue weighted by atomic mass is 9.76. The van der Waals surface area contributed by atoms with Crippen LogP contribution < -0.4 is 15.8 Å². The van der Waals surface area contributed by atoms with E-state index in [0.717, 1.165) is 45.4 Å². The van der Waals surface area contributed by atoms with E-state index in [1.807, 2.05) is 0 Å². The van der Waals surface area contributed by atoms with Crippen molar-refractivity contribution in [3.8, 4) is 5.75 Å². The first kappa shape index (κ1) is 26.3. The van der Waals surface area contributed by atoms with Crippen molar-refractivity contribution in [1.29, 1.82) is 0 Å². The summed E-state index contributed by atoms with van der Waals surface area (Å²) >= 11 is 0. The maximum absolute atomic E-state index is 14.8. The minimum Gasteiger partial charge on any atom is -0.493 e. The first-order chi connectivity index (χ1) is 16.2. The summed E-state index contributed by atoms with van der Waals surface area (Å²) in [5, 5.41) is 2.34. The van der Waals surface area contributed by atoms with E-state index in [9.17, 15) is 35.9 Å². The molecule has 3 N–H and O–H groups in total. The minimum atomic E-state index is -4.94. The van der Waals surface area contributed by atoms with Crippen molar-refractivity contribution < 1.29 is 45.4 Å². The van der Waals surface area contributed by atoms with Crippen molar-refractivity contribution in [2.75, 3.05) is 12.4 Å². The molecule has 1 fully saturated rings. The average Bonchev–Trinajstić information content (AvgIpc) is 3.05. The molecule has 1 aromatic carbocycles. The van der Waals surface area contributed by atoms with E-state index in [-0.39, 0.29) is 16.9 Å². The van der Waals surface area contributed by atoms with Crippen LogP contribution in [0.1, 0.15) is 47.8 Å². The van der Waals surface area contributed by atoms with Gasteiger partial charge < -0.3 is 20.5 Å². The maximum Gasteiger partial charge on any atom is 0.417 e. The zero-order valence-electron chi connectivity index (χ0n) is 18.6. The number of carbonyl (C=O) groups is 2. The molecule has 190 valence electrons. The fourth-order valence-corrected chi connectivity index (χ4v) is 4.10. The van der Waals surface area contributed by atoms with Crippen molar-refractivity contribution in [3.63, 3.8) is 0 Å². The van der Waals surface area contributed by atoms with Gasteiger partial charge in [0, 0.05) is 29.3 Å². The predicted molar refractivity (Wildman–Crippen MR) is 111 cm³/mol. The highest BCUT2D eigenvalue weighted by molar-refractivity contribution is 5.97. The summed E-state index contributed by atoms with van der Waals surface area (Å²) in [6, 6.07) is 4.09. The Morgan fingerprint density at radius 1 is 1.26 bits per heavy atom. The van der Waals surface area contributed by atoms with Gasteiger partial charge in [0.05, 0.1) is 12.7 Å². The van der Waals surface area contributed by atoms with Gasteiger partial charge in [0.2, 0.25) is 0 Å². The number of rotatable bonds is 6. The summed E-state index contributed by atoms with van der Waals surface area (Å²) in [6.45, 7) is 1.90. The lowest BCUT2D eigenvalue weighted by molar-refractivity contribution is -0.272. The minimum absolute atomic E-state index is 0.0133. The molecule has 3 rings (SSSR count). The Hall–Kier alpha value is -3.35. The summed E-state index contributed by atoms with van der Waals surface area (Å²) in [5.74, 6) is -7.05. The number of methoxy groups -OCH3 is 1. The predicted octanol–water partition coefficient (Wildman–Crippen LogP) is 4.34. The molecule has 0 unspecified atom stereocenters. The number of anilines is 1. The average molecular weight is 505 g/mol. The number of nitrogens with two attached hydrogens (primary N) is 1. The first-order valence-electron chi connectivity index (χ1n) is 10.2. The van der Waals surface area contributed by atoms with Gasteiger partial charge in [-0.15, -0.1) is 0 Å². The number of halogens is 6. The topological polar surface area (TPSA) is 104 Å². The van der Waals surface area contributed by atoms with Gasteiger partial charge in [-0.1, -0.05) is 13.0 Å². The summed E-state index contributed by atoms with van der Waals surface area (Å²) in [5.41, 5.74) is 0.816. The van der Waals surface area contributed by atoms with Gasteiger partial charge in [-0.25, -0.2) is 13.2 Å². The molecule has 1 aliphatic rings. The van der Waals surface area contributed by atoms with Crippen LogP contribution in [0.4, 0.5) is 32.0 Å². The van der Waals surface area contributed by atoms with Gasteiger partial charge in [0.1, 0.15) is 11.8 Å². The van der Waals surface area contributed by atoms with Crippen molar-refractivity contribution in [2.45, 2.75) is 44.1 Å². The third-order valence-corrected chi connectivity index (χ3v) is 6.16. The van der Waals surface area contributed by atoms with Gasteiger partial charge in [-0.3, -0.25) is 14.6 Å². The number of nitrogens with one attached hydrogen (secondary N) is 1. The molecule has 2 aromatic rings. The molecular formula is C22H21F6N3O4. The Labute approximate surface area is 195 Å². The molecule has 13 heteroatoms. The van der Waals surface area contributed by atoms with E-state index < -0.39 is 65.1 Å². The molecule has 0 spiro atoms. The number of ether oxygens (including phenoxy) is 2. The van der Waals surface area contributed by atoms with Crippen LogP contribution in [0.2, 0.25) is 0 Å². The fraction of sp³-hybridized carbons (Fsp3) is 0.409. The van der Waals surface area contributed by atoms with Gasteiger partial charge in [-0.2, -0.15) is 13.2 Å². The Balaban J connectivity index is 2.10. The van der Waals surface area contributed by atoms with E-state index in [2.05, 4.69) is 10.3 Å². The van der Waals surface area contributed by atoms with Crippen LogP contribution in [0.3, 0.4) is 0 Å². The molecule has 35 heavy (non-hydrogen) atoms. The lowest BCUT2D eigenvalue weighted by Crippen LogP contribution is -2.47. The molecule has 2 amide bonds. The molecule has 7 nitrogen and oxygen atoms in total. The van der Waals surface area contributed by atoms with Gasteiger partial charge in [0.25, 0.3) is 18.2 Å². The van der Waals surface area contributed by atoms with Crippen molar-refractivity contribution in [1.82, 2.24) is 4.98 Å². The van der Waals surface area contributed by atoms with Crippen LogP contribution in [0, 0.1) is 11.7 Å². The van der Waals surface area contributed by atoms with Crippen molar-refractivity contribution in [2.24, 2.45) is 11.7 Å². The maximum atomic E-state index is 14.8. The molecule has 0 saturated carbocycles.